The fourth-order valence-electron chi connectivity index (χ4n) is 4.93. The average Bonchev–Trinajstić information content (AvgIpc) is 3.26. The quantitative estimate of drug-likeness (QED) is 0.721. The van der Waals surface area contributed by atoms with Crippen molar-refractivity contribution in [3.63, 3.8) is 0 Å². The lowest BCUT2D eigenvalue weighted by Gasteiger charge is -2.47. The highest BCUT2D eigenvalue weighted by molar-refractivity contribution is 5.56. The number of aliphatic hydroxyl groups is 1. The Hall–Kier alpha value is -3.06. The Morgan fingerprint density at radius 2 is 1.87 bits per heavy atom. The van der Waals surface area contributed by atoms with Crippen LogP contribution in [0.1, 0.15) is 43.8 Å². The van der Waals surface area contributed by atoms with Crippen molar-refractivity contribution in [3.05, 3.63) is 70.9 Å². The maximum absolute atomic E-state index is 13.0. The molecule has 0 amide bonds. The average molecular weight is 403 g/mol. The van der Waals surface area contributed by atoms with E-state index in [0.717, 1.165) is 37.7 Å². The standard InChI is InChI=1S/C23H25N5O2/c29-20(17-6-2-1-3-7-17)15-28-22-26-19(18-8-12-24-16-25-18)14-21(30)27(22)13-11-23(28)9-4-5-10-23/h1-3,6-8,12,14,16,20,29H,4-5,9-11,13,15H2/t20-/m1/s1. The molecule has 1 saturated carbocycles. The Morgan fingerprint density at radius 1 is 1.07 bits per heavy atom. The number of nitrogens with zero attached hydrogens (tertiary/aromatic N) is 5. The summed E-state index contributed by atoms with van der Waals surface area (Å²) in [6.45, 7) is 1.06. The number of hydrogen-bond donors (Lipinski definition) is 1. The maximum Gasteiger partial charge on any atom is 0.255 e. The van der Waals surface area contributed by atoms with E-state index in [1.54, 1.807) is 22.9 Å². The number of rotatable bonds is 4. The number of fused-ring (bicyclic) bond motifs is 1. The van der Waals surface area contributed by atoms with Crippen LogP contribution in [-0.4, -0.2) is 36.7 Å². The molecule has 0 unspecified atom stereocenters. The van der Waals surface area contributed by atoms with Crippen molar-refractivity contribution in [1.82, 2.24) is 19.5 Å². The van der Waals surface area contributed by atoms with Crippen molar-refractivity contribution in [1.29, 1.82) is 0 Å². The number of aromatic nitrogens is 4. The van der Waals surface area contributed by atoms with Gasteiger partial charge in [0, 0.05) is 24.3 Å². The largest absolute Gasteiger partial charge is 0.387 e. The SMILES string of the molecule is O=c1cc(-c2ccncn2)nc2n1CCC1(CCCC1)N2C[C@@H](O)c1ccccc1. The third kappa shape index (κ3) is 3.29. The van der Waals surface area contributed by atoms with Gasteiger partial charge in [0.1, 0.15) is 6.33 Å². The first-order valence-electron chi connectivity index (χ1n) is 10.6. The number of hydrogen-bond acceptors (Lipinski definition) is 6. The van der Waals surface area contributed by atoms with E-state index in [-0.39, 0.29) is 11.1 Å². The van der Waals surface area contributed by atoms with Crippen molar-refractivity contribution in [2.45, 2.75) is 50.3 Å². The van der Waals surface area contributed by atoms with Gasteiger partial charge in [-0.25, -0.2) is 15.0 Å². The maximum atomic E-state index is 13.0. The Labute approximate surface area is 175 Å². The fraction of sp³-hybridized carbons (Fsp3) is 0.391. The highest BCUT2D eigenvalue weighted by Gasteiger charge is 2.44. The lowest BCUT2D eigenvalue weighted by atomic mass is 9.88. The minimum absolute atomic E-state index is 0.0561. The molecule has 1 fully saturated rings. The minimum Gasteiger partial charge on any atom is -0.387 e. The monoisotopic (exact) mass is 403 g/mol. The Morgan fingerprint density at radius 3 is 2.60 bits per heavy atom. The van der Waals surface area contributed by atoms with Gasteiger partial charge in [0.25, 0.3) is 5.56 Å². The summed E-state index contributed by atoms with van der Waals surface area (Å²) in [5.41, 5.74) is 1.90. The molecule has 0 radical (unpaired) electrons. The second-order valence-electron chi connectivity index (χ2n) is 8.24. The molecular formula is C23H25N5O2. The normalized spacial score (nSPS) is 18.4. The van der Waals surface area contributed by atoms with Crippen LogP contribution in [0.5, 0.6) is 0 Å². The molecule has 0 bridgehead atoms. The molecule has 1 aliphatic heterocycles. The smallest absolute Gasteiger partial charge is 0.255 e. The fourth-order valence-corrected chi connectivity index (χ4v) is 4.93. The predicted octanol–water partition coefficient (Wildman–Crippen LogP) is 2.96. The summed E-state index contributed by atoms with van der Waals surface area (Å²) in [7, 11) is 0. The summed E-state index contributed by atoms with van der Waals surface area (Å²) in [6, 6.07) is 13.0. The third-order valence-electron chi connectivity index (χ3n) is 6.52. The van der Waals surface area contributed by atoms with E-state index >= 15 is 0 Å². The van der Waals surface area contributed by atoms with E-state index in [1.165, 1.54) is 6.33 Å². The van der Waals surface area contributed by atoms with Crippen LogP contribution >= 0.6 is 0 Å². The van der Waals surface area contributed by atoms with Crippen LogP contribution in [0, 0.1) is 0 Å². The van der Waals surface area contributed by atoms with Gasteiger partial charge in [0.2, 0.25) is 5.95 Å². The molecule has 3 aromatic rings. The Bertz CT molecular complexity index is 1080. The highest BCUT2D eigenvalue weighted by Crippen LogP contribution is 2.44. The molecule has 7 nitrogen and oxygen atoms in total. The van der Waals surface area contributed by atoms with E-state index in [1.807, 2.05) is 30.3 Å². The molecule has 154 valence electrons. The molecular weight excluding hydrogens is 378 g/mol. The van der Waals surface area contributed by atoms with Crippen LogP contribution in [-0.2, 0) is 6.54 Å². The zero-order valence-corrected chi connectivity index (χ0v) is 16.8. The summed E-state index contributed by atoms with van der Waals surface area (Å²) >= 11 is 0. The van der Waals surface area contributed by atoms with Crippen molar-refractivity contribution in [2.75, 3.05) is 11.4 Å². The van der Waals surface area contributed by atoms with Crippen LogP contribution in [0.4, 0.5) is 5.95 Å². The van der Waals surface area contributed by atoms with Crippen LogP contribution < -0.4 is 10.5 Å². The molecule has 2 aliphatic rings. The molecule has 0 saturated heterocycles. The van der Waals surface area contributed by atoms with Crippen LogP contribution in [0.3, 0.4) is 0 Å². The molecule has 1 aromatic carbocycles. The van der Waals surface area contributed by atoms with Crippen molar-refractivity contribution in [2.24, 2.45) is 0 Å². The van der Waals surface area contributed by atoms with Gasteiger partial charge in [0.15, 0.2) is 0 Å². The van der Waals surface area contributed by atoms with Crippen LogP contribution in [0.15, 0.2) is 59.8 Å². The molecule has 1 atom stereocenters. The highest BCUT2D eigenvalue weighted by atomic mass is 16.3. The van der Waals surface area contributed by atoms with Gasteiger partial charge in [-0.05, 0) is 30.9 Å². The van der Waals surface area contributed by atoms with E-state index in [9.17, 15) is 9.90 Å². The van der Waals surface area contributed by atoms with E-state index in [0.29, 0.717) is 30.4 Å². The number of aliphatic hydroxyl groups excluding tert-OH is 1. The molecule has 30 heavy (non-hydrogen) atoms. The molecule has 1 spiro atoms. The first-order chi connectivity index (χ1) is 14.7. The lowest BCUT2D eigenvalue weighted by Crippen LogP contribution is -2.55. The Balaban J connectivity index is 1.60. The van der Waals surface area contributed by atoms with Crippen molar-refractivity contribution < 1.29 is 5.11 Å². The number of β-amino-alcohol motifs (C(OH)–C–C–N with tert-alkyl or cyclic N) is 1. The Kier molecular flexibility index (Phi) is 4.83. The number of anilines is 1. The summed E-state index contributed by atoms with van der Waals surface area (Å²) in [5.74, 6) is 0.638. The van der Waals surface area contributed by atoms with Gasteiger partial charge in [0.05, 0.1) is 24.0 Å². The van der Waals surface area contributed by atoms with Crippen LogP contribution in [0.2, 0.25) is 0 Å². The van der Waals surface area contributed by atoms with Gasteiger partial charge in [-0.2, -0.15) is 0 Å². The molecule has 2 aromatic heterocycles. The predicted molar refractivity (Wildman–Crippen MR) is 114 cm³/mol. The molecule has 3 heterocycles. The molecule has 7 heteroatoms. The van der Waals surface area contributed by atoms with Gasteiger partial charge in [-0.1, -0.05) is 43.2 Å². The zero-order chi connectivity index (χ0) is 20.6. The minimum atomic E-state index is -0.658. The third-order valence-corrected chi connectivity index (χ3v) is 6.52. The zero-order valence-electron chi connectivity index (χ0n) is 16.8. The summed E-state index contributed by atoms with van der Waals surface area (Å²) in [4.78, 5) is 28.3. The first-order valence-corrected chi connectivity index (χ1v) is 10.6. The summed E-state index contributed by atoms with van der Waals surface area (Å²) < 4.78 is 1.74. The van der Waals surface area contributed by atoms with E-state index < -0.39 is 6.10 Å². The van der Waals surface area contributed by atoms with Gasteiger partial charge in [-0.15, -0.1) is 0 Å². The molecule has 5 rings (SSSR count). The topological polar surface area (TPSA) is 84.1 Å². The van der Waals surface area contributed by atoms with Gasteiger partial charge in [-0.3, -0.25) is 9.36 Å². The van der Waals surface area contributed by atoms with Crippen LogP contribution in [0.25, 0.3) is 11.4 Å². The van der Waals surface area contributed by atoms with Gasteiger partial charge >= 0.3 is 0 Å². The second-order valence-corrected chi connectivity index (χ2v) is 8.24. The van der Waals surface area contributed by atoms with E-state index in [4.69, 9.17) is 4.98 Å². The molecule has 1 aliphatic carbocycles. The second kappa shape index (κ2) is 7.65. The summed E-state index contributed by atoms with van der Waals surface area (Å²) in [6.07, 6.45) is 7.79. The lowest BCUT2D eigenvalue weighted by molar-refractivity contribution is 0.164. The van der Waals surface area contributed by atoms with Gasteiger partial charge < -0.3 is 10.0 Å². The number of benzene rings is 1. The van der Waals surface area contributed by atoms with E-state index in [2.05, 4.69) is 14.9 Å². The van der Waals surface area contributed by atoms with Crippen molar-refractivity contribution in [3.8, 4) is 11.4 Å². The summed E-state index contributed by atoms with van der Waals surface area (Å²) in [5, 5.41) is 11.0. The first kappa shape index (κ1) is 18.9. The molecule has 1 N–H and O–H groups in total. The van der Waals surface area contributed by atoms with Crippen molar-refractivity contribution >= 4 is 5.95 Å².